The molecule has 1 heterocycles. The molecule has 2 rings (SSSR count). The van der Waals surface area contributed by atoms with Crippen LogP contribution in [0.4, 0.5) is 18.9 Å². The molecule has 0 saturated carbocycles. The second kappa shape index (κ2) is 6.31. The normalized spacial score (nSPS) is 22.1. The fourth-order valence-corrected chi connectivity index (χ4v) is 1.95. The summed E-state index contributed by atoms with van der Waals surface area (Å²) in [6, 6.07) is 5.13. The first-order valence-corrected chi connectivity index (χ1v) is 6.35. The lowest BCUT2D eigenvalue weighted by Gasteiger charge is -2.12. The van der Waals surface area contributed by atoms with Crippen molar-refractivity contribution in [3.05, 3.63) is 24.3 Å². The number of nitrogens with one attached hydrogen (secondary N) is 2. The van der Waals surface area contributed by atoms with E-state index >= 15 is 0 Å². The van der Waals surface area contributed by atoms with Crippen molar-refractivity contribution >= 4 is 11.6 Å². The highest BCUT2D eigenvalue weighted by molar-refractivity contribution is 5.95. The van der Waals surface area contributed by atoms with Crippen molar-refractivity contribution in [1.82, 2.24) is 5.32 Å². The number of rotatable bonds is 4. The number of anilines is 1. The van der Waals surface area contributed by atoms with Gasteiger partial charge in [0, 0.05) is 12.2 Å². The van der Waals surface area contributed by atoms with Crippen LogP contribution in [0.5, 0.6) is 5.75 Å². The number of alkyl halides is 3. The molecule has 0 bridgehead atoms. The number of hydrogen-bond acceptors (Lipinski definition) is 4. The minimum absolute atomic E-state index is 0.0692. The van der Waals surface area contributed by atoms with Crippen LogP contribution in [0.3, 0.4) is 0 Å². The van der Waals surface area contributed by atoms with E-state index in [0.717, 1.165) is 0 Å². The average molecular weight is 304 g/mol. The molecule has 3 N–H and O–H groups in total. The van der Waals surface area contributed by atoms with Crippen molar-refractivity contribution in [2.24, 2.45) is 0 Å². The summed E-state index contributed by atoms with van der Waals surface area (Å²) in [5, 5.41) is 14.8. The Labute approximate surface area is 119 Å². The fraction of sp³-hybridized carbons (Fsp3) is 0.462. The van der Waals surface area contributed by atoms with Crippen LogP contribution in [-0.4, -0.2) is 42.5 Å². The number of halogens is 3. The molecular formula is C13H15F3N2O3. The summed E-state index contributed by atoms with van der Waals surface area (Å²) in [6.45, 7) is -0.995. The smallest absolute Gasteiger partial charge is 0.422 e. The van der Waals surface area contributed by atoms with Crippen molar-refractivity contribution in [3.8, 4) is 5.75 Å². The molecule has 1 aliphatic heterocycles. The third-order valence-electron chi connectivity index (χ3n) is 2.95. The van der Waals surface area contributed by atoms with Crippen molar-refractivity contribution in [1.29, 1.82) is 0 Å². The quantitative estimate of drug-likeness (QED) is 0.784. The Balaban J connectivity index is 1.86. The number of amides is 1. The van der Waals surface area contributed by atoms with Crippen LogP contribution in [0, 0.1) is 0 Å². The van der Waals surface area contributed by atoms with E-state index in [-0.39, 0.29) is 11.7 Å². The molecule has 21 heavy (non-hydrogen) atoms. The highest BCUT2D eigenvalue weighted by atomic mass is 19.4. The molecule has 0 aliphatic carbocycles. The van der Waals surface area contributed by atoms with Crippen molar-refractivity contribution < 1.29 is 27.8 Å². The van der Waals surface area contributed by atoms with Gasteiger partial charge in [0.15, 0.2) is 6.61 Å². The van der Waals surface area contributed by atoms with E-state index in [1.165, 1.54) is 24.3 Å². The highest BCUT2D eigenvalue weighted by Gasteiger charge is 2.29. The molecule has 1 aromatic rings. The first kappa shape index (κ1) is 15.6. The van der Waals surface area contributed by atoms with E-state index in [4.69, 9.17) is 0 Å². The summed E-state index contributed by atoms with van der Waals surface area (Å²) < 4.78 is 40.5. The summed E-state index contributed by atoms with van der Waals surface area (Å²) >= 11 is 0. The highest BCUT2D eigenvalue weighted by Crippen LogP contribution is 2.20. The minimum atomic E-state index is -4.39. The molecule has 1 aromatic carbocycles. The standard InChI is InChI=1S/C13H15F3N2O3/c14-13(15,16)7-21-10-3-1-8(2-4-10)18-12(20)11-5-9(19)6-17-11/h1-4,9,11,17,19H,5-7H2,(H,18,20). The van der Waals surface area contributed by atoms with Gasteiger partial charge in [-0.1, -0.05) is 0 Å². The first-order valence-electron chi connectivity index (χ1n) is 6.35. The van der Waals surface area contributed by atoms with E-state index in [1.54, 1.807) is 0 Å². The first-order chi connectivity index (χ1) is 9.83. The zero-order valence-electron chi connectivity index (χ0n) is 11.0. The van der Waals surface area contributed by atoms with Gasteiger partial charge in [-0.3, -0.25) is 4.79 Å². The Morgan fingerprint density at radius 1 is 1.38 bits per heavy atom. The second-order valence-electron chi connectivity index (χ2n) is 4.77. The third kappa shape index (κ3) is 4.91. The molecule has 0 radical (unpaired) electrons. The summed E-state index contributed by atoms with van der Waals surface area (Å²) in [7, 11) is 0. The number of carbonyl (C=O) groups is 1. The van der Waals surface area contributed by atoms with E-state index in [2.05, 4.69) is 15.4 Å². The molecule has 2 unspecified atom stereocenters. The van der Waals surface area contributed by atoms with Crippen LogP contribution in [0.2, 0.25) is 0 Å². The molecule has 0 aromatic heterocycles. The number of aliphatic hydroxyl groups excluding tert-OH is 1. The van der Waals surface area contributed by atoms with Crippen LogP contribution < -0.4 is 15.4 Å². The van der Waals surface area contributed by atoms with E-state index < -0.39 is 24.9 Å². The topological polar surface area (TPSA) is 70.6 Å². The number of benzene rings is 1. The third-order valence-corrected chi connectivity index (χ3v) is 2.95. The van der Waals surface area contributed by atoms with Gasteiger partial charge in [-0.15, -0.1) is 0 Å². The maximum absolute atomic E-state index is 12.0. The summed E-state index contributed by atoms with van der Waals surface area (Å²) in [5.74, 6) is -0.227. The monoisotopic (exact) mass is 304 g/mol. The maximum Gasteiger partial charge on any atom is 0.422 e. The Kier molecular flexibility index (Phi) is 4.69. The van der Waals surface area contributed by atoms with Crippen LogP contribution in [0.25, 0.3) is 0 Å². The van der Waals surface area contributed by atoms with Gasteiger partial charge in [0.1, 0.15) is 5.75 Å². The Morgan fingerprint density at radius 2 is 2.05 bits per heavy atom. The van der Waals surface area contributed by atoms with E-state index in [9.17, 15) is 23.1 Å². The SMILES string of the molecule is O=C(Nc1ccc(OCC(F)(F)F)cc1)C1CC(O)CN1. The Bertz CT molecular complexity index is 490. The van der Waals surface area contributed by atoms with Gasteiger partial charge < -0.3 is 20.5 Å². The van der Waals surface area contributed by atoms with Gasteiger partial charge in [-0.05, 0) is 30.7 Å². The van der Waals surface area contributed by atoms with Gasteiger partial charge in [-0.2, -0.15) is 13.2 Å². The maximum atomic E-state index is 12.0. The Hall–Kier alpha value is -1.80. The zero-order valence-corrected chi connectivity index (χ0v) is 11.0. The van der Waals surface area contributed by atoms with Crippen LogP contribution in [-0.2, 0) is 4.79 Å². The van der Waals surface area contributed by atoms with Gasteiger partial charge >= 0.3 is 6.18 Å². The lowest BCUT2D eigenvalue weighted by Crippen LogP contribution is -2.35. The van der Waals surface area contributed by atoms with Gasteiger partial charge in [0.05, 0.1) is 12.1 Å². The predicted molar refractivity (Wildman–Crippen MR) is 69.0 cm³/mol. The van der Waals surface area contributed by atoms with Crippen molar-refractivity contribution in [3.63, 3.8) is 0 Å². The molecule has 2 atom stereocenters. The molecule has 1 amide bonds. The second-order valence-corrected chi connectivity index (χ2v) is 4.77. The Morgan fingerprint density at radius 3 is 2.57 bits per heavy atom. The number of β-amino-alcohol motifs (C(OH)–C–C–N with tert-alkyl or cyclic N) is 1. The molecule has 0 spiro atoms. The van der Waals surface area contributed by atoms with Gasteiger partial charge in [0.2, 0.25) is 5.91 Å². The van der Waals surface area contributed by atoms with Crippen LogP contribution in [0.15, 0.2) is 24.3 Å². The summed E-state index contributed by atoms with van der Waals surface area (Å²) in [5.41, 5.74) is 0.447. The lowest BCUT2D eigenvalue weighted by molar-refractivity contribution is -0.153. The number of carbonyl (C=O) groups excluding carboxylic acids is 1. The summed E-state index contributed by atoms with van der Waals surface area (Å²) in [6.07, 6.45) is -4.60. The zero-order chi connectivity index (χ0) is 15.5. The molecule has 8 heteroatoms. The largest absolute Gasteiger partial charge is 0.484 e. The molecule has 1 aliphatic rings. The number of aliphatic hydroxyl groups is 1. The molecular weight excluding hydrogens is 289 g/mol. The van der Waals surface area contributed by atoms with Gasteiger partial charge in [-0.25, -0.2) is 0 Å². The van der Waals surface area contributed by atoms with E-state index in [1.807, 2.05) is 0 Å². The van der Waals surface area contributed by atoms with Crippen molar-refractivity contribution in [2.75, 3.05) is 18.5 Å². The van der Waals surface area contributed by atoms with Gasteiger partial charge in [0.25, 0.3) is 0 Å². The van der Waals surface area contributed by atoms with Crippen LogP contribution in [0.1, 0.15) is 6.42 Å². The molecule has 116 valence electrons. The number of hydrogen-bond donors (Lipinski definition) is 3. The number of ether oxygens (including phenoxy) is 1. The molecule has 1 saturated heterocycles. The van der Waals surface area contributed by atoms with Crippen LogP contribution >= 0.6 is 0 Å². The predicted octanol–water partition coefficient (Wildman–Crippen LogP) is 1.29. The van der Waals surface area contributed by atoms with Crippen molar-refractivity contribution in [2.45, 2.75) is 24.7 Å². The minimum Gasteiger partial charge on any atom is -0.484 e. The fourth-order valence-electron chi connectivity index (χ4n) is 1.95. The summed E-state index contributed by atoms with van der Waals surface area (Å²) in [4.78, 5) is 11.8. The lowest BCUT2D eigenvalue weighted by atomic mass is 10.2. The molecule has 1 fully saturated rings. The average Bonchev–Trinajstić information content (AvgIpc) is 2.84. The van der Waals surface area contributed by atoms with E-state index in [0.29, 0.717) is 18.7 Å². The molecule has 5 nitrogen and oxygen atoms in total.